The van der Waals surface area contributed by atoms with Gasteiger partial charge in [-0.1, -0.05) is 44.5 Å². The molecule has 1 N–H and O–H groups in total. The molecular weight excluding hydrogens is 632 g/mol. The van der Waals surface area contributed by atoms with E-state index in [0.717, 1.165) is 31.7 Å². The van der Waals surface area contributed by atoms with Crippen LogP contribution in [0, 0.1) is 6.92 Å². The number of carbonyl (C=O) groups excluding carboxylic acids is 1. The van der Waals surface area contributed by atoms with E-state index in [0.29, 0.717) is 39.9 Å². The lowest BCUT2D eigenvalue weighted by atomic mass is 9.99. The van der Waals surface area contributed by atoms with Crippen molar-refractivity contribution in [1.82, 2.24) is 29.5 Å². The molecule has 12 heteroatoms. The maximum absolute atomic E-state index is 14.4. The van der Waals surface area contributed by atoms with Crippen molar-refractivity contribution in [3.8, 4) is 11.4 Å². The number of ether oxygens (including phenoxy) is 1. The predicted octanol–water partition coefficient (Wildman–Crippen LogP) is 6.94. The number of aromatic nitrogens is 4. The third-order valence-electron chi connectivity index (χ3n) is 9.00. The molecule has 1 aliphatic rings. The zero-order valence-electron chi connectivity index (χ0n) is 29.0. The molecule has 1 amide bonds. The van der Waals surface area contributed by atoms with E-state index in [4.69, 9.17) is 30.8 Å². The lowest BCUT2D eigenvalue weighted by Gasteiger charge is -2.48. The first-order chi connectivity index (χ1) is 21.9. The van der Waals surface area contributed by atoms with Crippen molar-refractivity contribution in [3.63, 3.8) is 0 Å². The molecule has 0 saturated heterocycles. The molecule has 0 fully saturated rings. The number of rotatable bonds is 8. The smallest absolute Gasteiger partial charge is 0.407 e. The van der Waals surface area contributed by atoms with Gasteiger partial charge in [0.15, 0.2) is 5.52 Å². The number of fused-ring (bicyclic) bond motifs is 2. The van der Waals surface area contributed by atoms with Crippen molar-refractivity contribution >= 4 is 37.0 Å². The van der Waals surface area contributed by atoms with E-state index in [-0.39, 0.29) is 17.1 Å². The fraction of sp³-hybridized carbons (Fsp3) is 0.486. The summed E-state index contributed by atoms with van der Waals surface area (Å²) in [6, 6.07) is 13.3. The molecule has 2 aromatic heterocycles. The highest BCUT2D eigenvalue weighted by atomic mass is 35.5. The molecule has 0 unspecified atom stereocenters. The summed E-state index contributed by atoms with van der Waals surface area (Å²) in [5.74, 6) is 0.516. The van der Waals surface area contributed by atoms with Crippen LogP contribution in [0.2, 0.25) is 23.2 Å². The number of hydrogen-bond donors (Lipinski definition) is 1. The molecule has 47 heavy (non-hydrogen) atoms. The molecule has 0 bridgehead atoms. The molecule has 4 aromatic rings. The van der Waals surface area contributed by atoms with E-state index >= 15 is 0 Å². The average molecular weight is 679 g/mol. The van der Waals surface area contributed by atoms with Crippen molar-refractivity contribution in [2.24, 2.45) is 0 Å². The van der Waals surface area contributed by atoms with Crippen LogP contribution in [0.1, 0.15) is 64.2 Å². The number of carbonyl (C=O) groups is 1. The summed E-state index contributed by atoms with van der Waals surface area (Å²) < 4.78 is 15.1. The third-order valence-corrected chi connectivity index (χ3v) is 13.8. The van der Waals surface area contributed by atoms with Crippen LogP contribution in [0.15, 0.2) is 47.3 Å². The number of halogens is 1. The SMILES string of the molecule is Cc1nc2c(CNC(=O)OC(C)(C)C)nn(-c3cccc(Cl)c3)c2c(=O)n1-c1ccc2c(c1)CN(CCO[Si-](C)(C)C(C)(C)C)CC2. The Balaban J connectivity index is 1.48. The topological polar surface area (TPSA) is 104 Å². The first kappa shape index (κ1) is 34.8. The van der Waals surface area contributed by atoms with E-state index < -0.39 is 20.0 Å². The molecule has 10 nitrogen and oxygen atoms in total. The maximum atomic E-state index is 14.4. The molecule has 5 rings (SSSR count). The minimum atomic E-state index is -1.81. The van der Waals surface area contributed by atoms with E-state index in [1.165, 1.54) is 11.1 Å². The lowest BCUT2D eigenvalue weighted by Crippen LogP contribution is -2.43. The highest BCUT2D eigenvalue weighted by Gasteiger charge is 2.26. The molecular formula is C35H47ClN6O4Si-. The van der Waals surface area contributed by atoms with Gasteiger partial charge in [0.25, 0.3) is 5.56 Å². The fourth-order valence-corrected chi connectivity index (χ4v) is 6.71. The van der Waals surface area contributed by atoms with Crippen molar-refractivity contribution in [2.75, 3.05) is 19.7 Å². The normalized spacial score (nSPS) is 14.3. The number of nitrogens with one attached hydrogen (secondary N) is 1. The van der Waals surface area contributed by atoms with Crippen molar-refractivity contribution < 1.29 is 14.0 Å². The molecule has 0 radical (unpaired) electrons. The van der Waals surface area contributed by atoms with Gasteiger partial charge in [-0.2, -0.15) is 5.10 Å². The van der Waals surface area contributed by atoms with Gasteiger partial charge >= 0.3 is 6.09 Å². The monoisotopic (exact) mass is 678 g/mol. The predicted molar refractivity (Wildman–Crippen MR) is 189 cm³/mol. The summed E-state index contributed by atoms with van der Waals surface area (Å²) in [5.41, 5.74) is 4.06. The Kier molecular flexibility index (Phi) is 9.76. The van der Waals surface area contributed by atoms with Crippen LogP contribution in [0.3, 0.4) is 0 Å². The Hall–Kier alpha value is -3.51. The van der Waals surface area contributed by atoms with Gasteiger partial charge in [-0.3, -0.25) is 14.3 Å². The summed E-state index contributed by atoms with van der Waals surface area (Å²) in [6.45, 7) is 21.9. The number of benzene rings is 2. The fourth-order valence-electron chi connectivity index (χ4n) is 5.50. The van der Waals surface area contributed by atoms with Crippen LogP contribution in [-0.4, -0.2) is 63.9 Å². The molecule has 0 spiro atoms. The zero-order valence-corrected chi connectivity index (χ0v) is 30.8. The first-order valence-corrected chi connectivity index (χ1v) is 19.4. The Morgan fingerprint density at radius 2 is 1.79 bits per heavy atom. The van der Waals surface area contributed by atoms with E-state index in [2.05, 4.69) is 56.2 Å². The third kappa shape index (κ3) is 7.80. The van der Waals surface area contributed by atoms with Gasteiger partial charge in [0.1, 0.15) is 22.6 Å². The second-order valence-corrected chi connectivity index (χ2v) is 20.0. The number of amides is 1. The Labute approximate surface area is 283 Å². The summed E-state index contributed by atoms with van der Waals surface area (Å²) >= 11 is 6.34. The Morgan fingerprint density at radius 3 is 2.47 bits per heavy atom. The minimum absolute atomic E-state index is 0.0304. The van der Waals surface area contributed by atoms with Crippen LogP contribution >= 0.6 is 11.6 Å². The van der Waals surface area contributed by atoms with Gasteiger partial charge in [-0.15, -0.1) is 18.1 Å². The number of aryl methyl sites for hydroxylation is 1. The van der Waals surface area contributed by atoms with Gasteiger partial charge in [-0.25, -0.2) is 14.5 Å². The van der Waals surface area contributed by atoms with Gasteiger partial charge < -0.3 is 14.5 Å². The van der Waals surface area contributed by atoms with Crippen molar-refractivity contribution in [1.29, 1.82) is 0 Å². The second kappa shape index (κ2) is 13.2. The largest absolute Gasteiger partial charge is 0.564 e. The number of alkyl carbamates (subject to hydrolysis) is 1. The lowest BCUT2D eigenvalue weighted by molar-refractivity contribution is 0.0523. The second-order valence-electron chi connectivity index (χ2n) is 14.8. The molecule has 0 saturated carbocycles. The first-order valence-electron chi connectivity index (χ1n) is 16.2. The van der Waals surface area contributed by atoms with Crippen LogP contribution in [0.25, 0.3) is 22.4 Å². The van der Waals surface area contributed by atoms with Gasteiger partial charge in [0.2, 0.25) is 0 Å². The molecule has 253 valence electrons. The minimum Gasteiger partial charge on any atom is -0.564 e. The van der Waals surface area contributed by atoms with E-state index in [9.17, 15) is 9.59 Å². The summed E-state index contributed by atoms with van der Waals surface area (Å²) in [7, 11) is -1.81. The van der Waals surface area contributed by atoms with Crippen molar-refractivity contribution in [3.05, 3.63) is 80.5 Å². The van der Waals surface area contributed by atoms with Gasteiger partial charge in [0.05, 0.1) is 17.9 Å². The zero-order chi connectivity index (χ0) is 34.3. The Morgan fingerprint density at radius 1 is 1.04 bits per heavy atom. The van der Waals surface area contributed by atoms with Crippen LogP contribution < -0.4 is 10.9 Å². The Bertz CT molecular complexity index is 1850. The van der Waals surface area contributed by atoms with Crippen molar-refractivity contribution in [2.45, 2.75) is 91.7 Å². The summed E-state index contributed by atoms with van der Waals surface area (Å²) in [4.78, 5) is 34.2. The van der Waals surface area contributed by atoms with Crippen LogP contribution in [0.5, 0.6) is 0 Å². The highest BCUT2D eigenvalue weighted by molar-refractivity contribution is 6.74. The summed E-state index contributed by atoms with van der Waals surface area (Å²) in [6.07, 6.45) is 0.360. The van der Waals surface area contributed by atoms with E-state index in [1.54, 1.807) is 48.2 Å². The van der Waals surface area contributed by atoms with Gasteiger partial charge in [-0.05, 0) is 83.9 Å². The molecule has 0 aliphatic carbocycles. The maximum Gasteiger partial charge on any atom is 0.407 e. The molecule has 1 aliphatic heterocycles. The molecule has 0 atom stereocenters. The number of nitrogens with zero attached hydrogens (tertiary/aromatic N) is 5. The molecule has 2 aromatic carbocycles. The highest BCUT2D eigenvalue weighted by Crippen LogP contribution is 2.36. The van der Waals surface area contributed by atoms with Crippen LogP contribution in [0.4, 0.5) is 4.79 Å². The average Bonchev–Trinajstić information content (AvgIpc) is 3.33. The van der Waals surface area contributed by atoms with E-state index in [1.807, 2.05) is 19.1 Å². The summed E-state index contributed by atoms with van der Waals surface area (Å²) in [5, 5.41) is 8.18. The van der Waals surface area contributed by atoms with Crippen LogP contribution in [-0.2, 0) is 28.7 Å². The molecule has 3 heterocycles. The van der Waals surface area contributed by atoms with Gasteiger partial charge in [0, 0.05) is 31.3 Å². The standard InChI is InChI=1S/C35H47ClN6O4Si/c1-23-38-30-29(21-37-33(44)46-34(2,3)4)39-42(28-12-10-11-26(36)20-28)31(30)32(43)41(23)27-14-13-24-15-16-40(22-25(24)19-27)17-18-45-47(8,9)35(5,6)7/h10-14,19-20H,15-18,21-22H2,1-9H3,(H,37,44)/q-1. The quantitative estimate of drug-likeness (QED) is 0.202. The number of hydrogen-bond acceptors (Lipinski definition) is 7.